The molecule has 1 unspecified atom stereocenters. The standard InChI is InChI=1S/C15H16ClNO4S/c1-8-12(17-21-14(19)15(2,3)20-4)13(18)10-7-9(16)5-6-11(10)22-8/h5-8H,1-4H3/b17-12+. The topological polar surface area (TPSA) is 65.0 Å². The van der Waals surface area contributed by atoms with E-state index in [4.69, 9.17) is 21.2 Å². The summed E-state index contributed by atoms with van der Waals surface area (Å²) < 4.78 is 5.01. The molecule has 0 aromatic heterocycles. The molecule has 22 heavy (non-hydrogen) atoms. The Morgan fingerprint density at radius 1 is 1.41 bits per heavy atom. The van der Waals surface area contributed by atoms with E-state index in [2.05, 4.69) is 5.16 Å². The third-order valence-corrected chi connectivity index (χ3v) is 4.76. The van der Waals surface area contributed by atoms with Crippen LogP contribution in [0.1, 0.15) is 31.1 Å². The van der Waals surface area contributed by atoms with Gasteiger partial charge in [-0.05, 0) is 39.0 Å². The zero-order valence-corrected chi connectivity index (χ0v) is 14.2. The Balaban J connectivity index is 2.27. The number of thioether (sulfide) groups is 1. The molecule has 1 aromatic carbocycles. The number of halogens is 1. The molecule has 0 amide bonds. The van der Waals surface area contributed by atoms with Gasteiger partial charge in [-0.25, -0.2) is 4.79 Å². The number of rotatable bonds is 3. The minimum absolute atomic E-state index is 0.181. The Labute approximate surface area is 138 Å². The van der Waals surface area contributed by atoms with Gasteiger partial charge < -0.3 is 9.57 Å². The average Bonchev–Trinajstić information content (AvgIpc) is 2.47. The first-order valence-electron chi connectivity index (χ1n) is 6.61. The molecule has 0 N–H and O–H groups in total. The van der Waals surface area contributed by atoms with Crippen LogP contribution in [0.3, 0.4) is 0 Å². The summed E-state index contributed by atoms with van der Waals surface area (Å²) in [4.78, 5) is 30.1. The van der Waals surface area contributed by atoms with Gasteiger partial charge in [0, 0.05) is 22.6 Å². The van der Waals surface area contributed by atoms with Crippen molar-refractivity contribution in [1.29, 1.82) is 0 Å². The number of ether oxygens (including phenoxy) is 1. The van der Waals surface area contributed by atoms with Gasteiger partial charge >= 0.3 is 5.97 Å². The normalized spacial score (nSPS) is 20.0. The highest BCUT2D eigenvalue weighted by Gasteiger charge is 2.33. The van der Waals surface area contributed by atoms with Gasteiger partial charge in [-0.15, -0.1) is 11.8 Å². The summed E-state index contributed by atoms with van der Waals surface area (Å²) in [5, 5.41) is 4.01. The quantitative estimate of drug-likeness (QED) is 0.623. The van der Waals surface area contributed by atoms with E-state index >= 15 is 0 Å². The lowest BCUT2D eigenvalue weighted by Crippen LogP contribution is -2.36. The summed E-state index contributed by atoms with van der Waals surface area (Å²) in [5.41, 5.74) is -0.476. The van der Waals surface area contributed by atoms with Crippen LogP contribution >= 0.6 is 23.4 Å². The molecular weight excluding hydrogens is 326 g/mol. The number of ketones is 1. The molecular formula is C15H16ClNO4S. The molecule has 0 saturated carbocycles. The number of benzene rings is 1. The second-order valence-electron chi connectivity index (χ2n) is 5.30. The van der Waals surface area contributed by atoms with Crippen LogP contribution in [0.25, 0.3) is 0 Å². The molecule has 1 aliphatic rings. The van der Waals surface area contributed by atoms with Crippen molar-refractivity contribution in [1.82, 2.24) is 0 Å². The molecule has 0 fully saturated rings. The number of oxime groups is 1. The number of fused-ring (bicyclic) bond motifs is 1. The Hall–Kier alpha value is -1.37. The lowest BCUT2D eigenvalue weighted by atomic mass is 10.0. The Morgan fingerprint density at radius 3 is 2.73 bits per heavy atom. The van der Waals surface area contributed by atoms with Gasteiger partial charge in [0.05, 0.1) is 5.25 Å². The Kier molecular flexibility index (Phi) is 4.94. The zero-order chi connectivity index (χ0) is 16.5. The van der Waals surface area contributed by atoms with Gasteiger partial charge in [0.1, 0.15) is 5.71 Å². The van der Waals surface area contributed by atoms with Crippen molar-refractivity contribution in [2.45, 2.75) is 36.5 Å². The van der Waals surface area contributed by atoms with Crippen molar-refractivity contribution in [3.63, 3.8) is 0 Å². The predicted octanol–water partition coefficient (Wildman–Crippen LogP) is 3.34. The fraction of sp³-hybridized carbons (Fsp3) is 0.400. The SMILES string of the molecule is COC(C)(C)C(=O)O/N=C1/C(=O)c2cc(Cl)ccc2SC1C. The number of carbonyl (C=O) groups is 2. The van der Waals surface area contributed by atoms with Crippen LogP contribution in [0.5, 0.6) is 0 Å². The second kappa shape index (κ2) is 6.40. The van der Waals surface area contributed by atoms with Crippen molar-refractivity contribution in [2.75, 3.05) is 7.11 Å². The molecule has 7 heteroatoms. The molecule has 0 aliphatic carbocycles. The molecule has 1 aliphatic heterocycles. The Bertz CT molecular complexity index is 657. The highest BCUT2D eigenvalue weighted by molar-refractivity contribution is 8.01. The van der Waals surface area contributed by atoms with E-state index in [1.807, 2.05) is 6.92 Å². The van der Waals surface area contributed by atoms with Gasteiger partial charge in [-0.3, -0.25) is 4.79 Å². The number of nitrogens with zero attached hydrogens (tertiary/aromatic N) is 1. The Morgan fingerprint density at radius 2 is 2.09 bits per heavy atom. The molecule has 0 saturated heterocycles. The average molecular weight is 342 g/mol. The van der Waals surface area contributed by atoms with Crippen molar-refractivity contribution in [3.8, 4) is 0 Å². The minimum atomic E-state index is -1.13. The highest BCUT2D eigenvalue weighted by atomic mass is 35.5. The van der Waals surface area contributed by atoms with Crippen LogP contribution < -0.4 is 0 Å². The first-order valence-corrected chi connectivity index (χ1v) is 7.87. The first-order chi connectivity index (χ1) is 10.3. The minimum Gasteiger partial charge on any atom is -0.367 e. The largest absolute Gasteiger partial charge is 0.367 e. The third kappa shape index (κ3) is 3.34. The highest BCUT2D eigenvalue weighted by Crippen LogP contribution is 2.35. The number of hydrogen-bond acceptors (Lipinski definition) is 6. The second-order valence-corrected chi connectivity index (χ2v) is 7.12. The molecule has 5 nitrogen and oxygen atoms in total. The molecule has 1 heterocycles. The van der Waals surface area contributed by atoms with Crippen LogP contribution in [-0.2, 0) is 14.4 Å². The fourth-order valence-electron chi connectivity index (χ4n) is 1.75. The smallest absolute Gasteiger partial charge is 0.365 e. The van der Waals surface area contributed by atoms with E-state index in [1.54, 1.807) is 32.0 Å². The molecule has 118 valence electrons. The maximum Gasteiger partial charge on any atom is 0.365 e. The van der Waals surface area contributed by atoms with Gasteiger partial charge in [-0.1, -0.05) is 16.8 Å². The van der Waals surface area contributed by atoms with Gasteiger partial charge in [-0.2, -0.15) is 0 Å². The van der Waals surface area contributed by atoms with Crippen LogP contribution in [0, 0.1) is 0 Å². The van der Waals surface area contributed by atoms with E-state index in [-0.39, 0.29) is 16.7 Å². The summed E-state index contributed by atoms with van der Waals surface area (Å²) in [6.45, 7) is 4.95. The van der Waals surface area contributed by atoms with Gasteiger partial charge in [0.25, 0.3) is 0 Å². The summed E-state index contributed by atoms with van der Waals surface area (Å²) in [7, 11) is 1.40. The molecule has 0 spiro atoms. The van der Waals surface area contributed by atoms with E-state index < -0.39 is 11.6 Å². The lowest BCUT2D eigenvalue weighted by Gasteiger charge is -2.22. The molecule has 0 bridgehead atoms. The van der Waals surface area contributed by atoms with Crippen LogP contribution in [0.2, 0.25) is 5.02 Å². The summed E-state index contributed by atoms with van der Waals surface area (Å²) in [6, 6.07) is 5.12. The lowest BCUT2D eigenvalue weighted by molar-refractivity contribution is -0.165. The van der Waals surface area contributed by atoms with Crippen LogP contribution in [0.15, 0.2) is 28.3 Å². The number of hydrogen-bond donors (Lipinski definition) is 0. The molecule has 1 aromatic rings. The molecule has 0 radical (unpaired) electrons. The fourth-order valence-corrected chi connectivity index (χ4v) is 2.99. The maximum absolute atomic E-state index is 12.5. The van der Waals surface area contributed by atoms with Crippen molar-refractivity contribution < 1.29 is 19.2 Å². The van der Waals surface area contributed by atoms with Gasteiger partial charge in [0.15, 0.2) is 5.60 Å². The van der Waals surface area contributed by atoms with Crippen molar-refractivity contribution in [3.05, 3.63) is 28.8 Å². The predicted molar refractivity (Wildman–Crippen MR) is 85.7 cm³/mol. The van der Waals surface area contributed by atoms with E-state index in [0.29, 0.717) is 10.6 Å². The number of carbonyl (C=O) groups excluding carboxylic acids is 2. The summed E-state index contributed by atoms with van der Waals surface area (Å²) in [5.74, 6) is -0.948. The molecule has 2 rings (SSSR count). The summed E-state index contributed by atoms with van der Waals surface area (Å²) >= 11 is 7.39. The van der Waals surface area contributed by atoms with Crippen molar-refractivity contribution in [2.24, 2.45) is 5.16 Å². The monoisotopic (exact) mass is 341 g/mol. The zero-order valence-electron chi connectivity index (χ0n) is 12.7. The van der Waals surface area contributed by atoms with Crippen molar-refractivity contribution >= 4 is 40.8 Å². The molecule has 1 atom stereocenters. The van der Waals surface area contributed by atoms with Crippen LogP contribution in [0.4, 0.5) is 0 Å². The first kappa shape index (κ1) is 17.0. The number of methoxy groups -OCH3 is 1. The van der Waals surface area contributed by atoms with E-state index in [0.717, 1.165) is 4.90 Å². The van der Waals surface area contributed by atoms with E-state index in [9.17, 15) is 9.59 Å². The number of Topliss-reactive ketones (excluding diaryl/α,β-unsaturated/α-hetero) is 1. The van der Waals surface area contributed by atoms with E-state index in [1.165, 1.54) is 18.9 Å². The maximum atomic E-state index is 12.5. The summed E-state index contributed by atoms with van der Waals surface area (Å²) in [6.07, 6.45) is 0. The van der Waals surface area contributed by atoms with Gasteiger partial charge in [0.2, 0.25) is 5.78 Å². The third-order valence-electron chi connectivity index (χ3n) is 3.34. The van der Waals surface area contributed by atoms with Crippen LogP contribution in [-0.4, -0.2) is 35.4 Å².